The number of carbonyl (C=O) groups excluding carboxylic acids is 1. The highest BCUT2D eigenvalue weighted by Gasteiger charge is 2.39. The summed E-state index contributed by atoms with van der Waals surface area (Å²) in [7, 11) is 0. The van der Waals surface area contributed by atoms with Crippen LogP contribution in [-0.2, 0) is 4.79 Å². The third-order valence-electron chi connectivity index (χ3n) is 4.38. The van der Waals surface area contributed by atoms with Crippen molar-refractivity contribution < 1.29 is 4.79 Å². The van der Waals surface area contributed by atoms with Crippen LogP contribution in [0.5, 0.6) is 0 Å². The summed E-state index contributed by atoms with van der Waals surface area (Å²) in [4.78, 5) is 14.3. The molecule has 23 heavy (non-hydrogen) atoms. The van der Waals surface area contributed by atoms with Gasteiger partial charge in [0.2, 0.25) is 5.91 Å². The SMILES string of the molecule is CCN(CC)C(=O)C[C@@]1(C)NC(=S)N(c2cccc(C)c2C)N1. The number of carbonyl (C=O) groups is 1. The van der Waals surface area contributed by atoms with Crippen molar-refractivity contribution in [1.29, 1.82) is 0 Å². The van der Waals surface area contributed by atoms with Crippen molar-refractivity contribution >= 4 is 28.9 Å². The van der Waals surface area contributed by atoms with Gasteiger partial charge in [-0.05, 0) is 64.0 Å². The molecule has 1 atom stereocenters. The van der Waals surface area contributed by atoms with Crippen molar-refractivity contribution in [2.24, 2.45) is 0 Å². The first-order valence-electron chi connectivity index (χ1n) is 8.05. The zero-order valence-corrected chi connectivity index (χ0v) is 15.4. The van der Waals surface area contributed by atoms with Crippen molar-refractivity contribution in [2.45, 2.75) is 46.7 Å². The third-order valence-corrected chi connectivity index (χ3v) is 4.67. The average molecular weight is 334 g/mol. The van der Waals surface area contributed by atoms with Crippen molar-refractivity contribution in [2.75, 3.05) is 18.1 Å². The van der Waals surface area contributed by atoms with E-state index in [9.17, 15) is 4.79 Å². The summed E-state index contributed by atoms with van der Waals surface area (Å²) >= 11 is 5.48. The van der Waals surface area contributed by atoms with Gasteiger partial charge in [-0.15, -0.1) is 0 Å². The summed E-state index contributed by atoms with van der Waals surface area (Å²) in [5.74, 6) is 0.114. The number of nitrogens with one attached hydrogen (secondary N) is 2. The maximum absolute atomic E-state index is 12.4. The number of aryl methyl sites for hydroxylation is 1. The number of anilines is 1. The predicted molar refractivity (Wildman–Crippen MR) is 98.2 cm³/mol. The molecule has 1 aromatic carbocycles. The Balaban J connectivity index is 2.18. The lowest BCUT2D eigenvalue weighted by atomic mass is 10.1. The van der Waals surface area contributed by atoms with Gasteiger partial charge in [0.15, 0.2) is 5.11 Å². The van der Waals surface area contributed by atoms with Crippen LogP contribution in [0.3, 0.4) is 0 Å². The zero-order chi connectivity index (χ0) is 17.2. The summed E-state index contributed by atoms with van der Waals surface area (Å²) in [6.45, 7) is 11.5. The van der Waals surface area contributed by atoms with E-state index in [0.29, 0.717) is 11.5 Å². The van der Waals surface area contributed by atoms with Crippen molar-refractivity contribution in [3.8, 4) is 0 Å². The molecule has 0 aromatic heterocycles. The fraction of sp³-hybridized carbons (Fsp3) is 0.529. The minimum absolute atomic E-state index is 0.114. The van der Waals surface area contributed by atoms with E-state index in [1.807, 2.05) is 42.8 Å². The highest BCUT2D eigenvalue weighted by molar-refractivity contribution is 7.80. The van der Waals surface area contributed by atoms with E-state index < -0.39 is 5.66 Å². The lowest BCUT2D eigenvalue weighted by Crippen LogP contribution is -2.52. The van der Waals surface area contributed by atoms with Gasteiger partial charge in [-0.25, -0.2) is 10.4 Å². The summed E-state index contributed by atoms with van der Waals surface area (Å²) in [6.07, 6.45) is 0.343. The predicted octanol–water partition coefficient (Wildman–Crippen LogP) is 2.48. The molecule has 2 rings (SSSR count). The molecule has 0 aliphatic carbocycles. The van der Waals surface area contributed by atoms with Crippen LogP contribution < -0.4 is 15.8 Å². The molecule has 1 amide bonds. The highest BCUT2D eigenvalue weighted by Crippen LogP contribution is 2.26. The molecule has 1 saturated heterocycles. The molecule has 0 saturated carbocycles. The second-order valence-corrected chi connectivity index (χ2v) is 6.56. The molecule has 2 N–H and O–H groups in total. The number of amides is 1. The van der Waals surface area contributed by atoms with Crippen molar-refractivity contribution in [1.82, 2.24) is 15.6 Å². The van der Waals surface area contributed by atoms with Crippen LogP contribution in [0.4, 0.5) is 5.69 Å². The number of rotatable bonds is 5. The van der Waals surface area contributed by atoms with E-state index in [2.05, 4.69) is 30.7 Å². The minimum Gasteiger partial charge on any atom is -0.343 e. The lowest BCUT2D eigenvalue weighted by molar-refractivity contribution is -0.132. The normalized spacial score (nSPS) is 20.6. The van der Waals surface area contributed by atoms with E-state index in [0.717, 1.165) is 18.8 Å². The Labute approximate surface area is 144 Å². The maximum atomic E-state index is 12.4. The maximum Gasteiger partial charge on any atom is 0.226 e. The summed E-state index contributed by atoms with van der Waals surface area (Å²) in [5.41, 5.74) is 6.19. The molecule has 1 aliphatic heterocycles. The topological polar surface area (TPSA) is 47.6 Å². The Kier molecular flexibility index (Phi) is 5.26. The van der Waals surface area contributed by atoms with Gasteiger partial charge in [0.25, 0.3) is 0 Å². The molecule has 126 valence electrons. The van der Waals surface area contributed by atoms with E-state index in [1.165, 1.54) is 11.1 Å². The summed E-state index contributed by atoms with van der Waals surface area (Å²) in [6, 6.07) is 6.12. The minimum atomic E-state index is -0.576. The van der Waals surface area contributed by atoms with Crippen LogP contribution in [0, 0.1) is 13.8 Å². The second kappa shape index (κ2) is 6.84. The zero-order valence-electron chi connectivity index (χ0n) is 14.6. The average Bonchev–Trinajstić information content (AvgIpc) is 2.78. The van der Waals surface area contributed by atoms with Gasteiger partial charge in [0.05, 0.1) is 12.1 Å². The van der Waals surface area contributed by atoms with Crippen molar-refractivity contribution in [3.05, 3.63) is 29.3 Å². The molecular formula is C17H26N4OS. The Hall–Kier alpha value is -1.66. The quantitative estimate of drug-likeness (QED) is 0.810. The van der Waals surface area contributed by atoms with E-state index in [1.54, 1.807) is 0 Å². The van der Waals surface area contributed by atoms with Gasteiger partial charge in [-0.3, -0.25) is 4.79 Å². The molecule has 0 unspecified atom stereocenters. The van der Waals surface area contributed by atoms with Gasteiger partial charge < -0.3 is 10.2 Å². The molecule has 1 aromatic rings. The van der Waals surface area contributed by atoms with Crippen LogP contribution >= 0.6 is 12.2 Å². The standard InChI is InChI=1S/C17H26N4OS/c1-6-20(7-2)15(22)11-17(5)18-16(23)21(19-17)14-10-8-9-12(3)13(14)4/h8-10,19H,6-7,11H2,1-5H3,(H,18,23)/t17-/m0/s1. The number of hydrogen-bond acceptors (Lipinski definition) is 3. The Bertz CT molecular complexity index is 615. The Morgan fingerprint density at radius 2 is 1.96 bits per heavy atom. The van der Waals surface area contributed by atoms with Gasteiger partial charge in [0, 0.05) is 13.1 Å². The smallest absolute Gasteiger partial charge is 0.226 e. The van der Waals surface area contributed by atoms with Gasteiger partial charge in [0.1, 0.15) is 5.66 Å². The van der Waals surface area contributed by atoms with E-state index in [4.69, 9.17) is 12.2 Å². The monoisotopic (exact) mass is 334 g/mol. The van der Waals surface area contributed by atoms with Crippen LogP contribution in [0.2, 0.25) is 0 Å². The number of hydrazine groups is 1. The Morgan fingerprint density at radius 1 is 1.30 bits per heavy atom. The molecule has 1 heterocycles. The first-order valence-corrected chi connectivity index (χ1v) is 8.46. The third kappa shape index (κ3) is 3.64. The summed E-state index contributed by atoms with van der Waals surface area (Å²) in [5, 5.41) is 5.72. The van der Waals surface area contributed by atoms with Gasteiger partial charge in [-0.1, -0.05) is 12.1 Å². The lowest BCUT2D eigenvalue weighted by Gasteiger charge is -2.28. The van der Waals surface area contributed by atoms with Gasteiger partial charge in [-0.2, -0.15) is 0 Å². The number of thiocarbonyl (C=S) groups is 1. The first-order chi connectivity index (χ1) is 10.8. The van der Waals surface area contributed by atoms with E-state index >= 15 is 0 Å². The fourth-order valence-corrected chi connectivity index (χ4v) is 3.21. The highest BCUT2D eigenvalue weighted by atomic mass is 32.1. The number of benzene rings is 1. The number of hydrogen-bond donors (Lipinski definition) is 2. The van der Waals surface area contributed by atoms with Crippen LogP contribution in [0.25, 0.3) is 0 Å². The molecular weight excluding hydrogens is 308 g/mol. The van der Waals surface area contributed by atoms with Crippen molar-refractivity contribution in [3.63, 3.8) is 0 Å². The fourth-order valence-electron chi connectivity index (χ4n) is 2.84. The van der Waals surface area contributed by atoms with Crippen LogP contribution in [0.1, 0.15) is 38.3 Å². The van der Waals surface area contributed by atoms with Crippen LogP contribution in [-0.4, -0.2) is 34.7 Å². The van der Waals surface area contributed by atoms with Crippen LogP contribution in [0.15, 0.2) is 18.2 Å². The Morgan fingerprint density at radius 3 is 2.57 bits per heavy atom. The molecule has 0 spiro atoms. The molecule has 1 fully saturated rings. The molecule has 1 aliphatic rings. The number of nitrogens with zero attached hydrogens (tertiary/aromatic N) is 2. The molecule has 5 nitrogen and oxygen atoms in total. The first kappa shape index (κ1) is 17.7. The summed E-state index contributed by atoms with van der Waals surface area (Å²) < 4.78 is 0. The second-order valence-electron chi connectivity index (χ2n) is 6.17. The molecule has 0 bridgehead atoms. The van der Waals surface area contributed by atoms with Gasteiger partial charge >= 0.3 is 0 Å². The molecule has 0 radical (unpaired) electrons. The van der Waals surface area contributed by atoms with E-state index in [-0.39, 0.29) is 5.91 Å². The largest absolute Gasteiger partial charge is 0.343 e. The molecule has 6 heteroatoms.